The number of hydrogen-bond donors (Lipinski definition) is 1. The van der Waals surface area contributed by atoms with E-state index in [-0.39, 0.29) is 6.79 Å². The Labute approximate surface area is 114 Å². The summed E-state index contributed by atoms with van der Waals surface area (Å²) < 4.78 is 16.0. The Morgan fingerprint density at radius 1 is 1.21 bits per heavy atom. The van der Waals surface area contributed by atoms with Crippen LogP contribution in [-0.2, 0) is 4.74 Å². The molecule has 0 saturated heterocycles. The highest BCUT2D eigenvalue weighted by atomic mass is 16.7. The van der Waals surface area contributed by atoms with Gasteiger partial charge in [-0.05, 0) is 24.1 Å². The normalized spacial score (nSPS) is 14.6. The van der Waals surface area contributed by atoms with Crippen molar-refractivity contribution in [2.45, 2.75) is 38.7 Å². The van der Waals surface area contributed by atoms with Crippen LogP contribution in [0.5, 0.6) is 11.5 Å². The molecule has 0 radical (unpaired) electrons. The smallest absolute Gasteiger partial charge is 0.231 e. The number of ether oxygens (including phenoxy) is 3. The molecule has 0 bridgehead atoms. The van der Waals surface area contributed by atoms with Gasteiger partial charge in [0, 0.05) is 6.61 Å². The SMILES string of the molecule is CCCCCCOCC(O)c1ccc2c(c1)OCO2. The van der Waals surface area contributed by atoms with E-state index in [1.54, 1.807) is 0 Å². The Kier molecular flexibility index (Phi) is 5.48. The maximum Gasteiger partial charge on any atom is 0.231 e. The van der Waals surface area contributed by atoms with Crippen LogP contribution in [0.1, 0.15) is 44.3 Å². The molecule has 0 fully saturated rings. The second-order valence-corrected chi connectivity index (χ2v) is 4.76. The first kappa shape index (κ1) is 14.2. The summed E-state index contributed by atoms with van der Waals surface area (Å²) >= 11 is 0. The van der Waals surface area contributed by atoms with E-state index >= 15 is 0 Å². The number of aliphatic hydroxyl groups excluding tert-OH is 1. The van der Waals surface area contributed by atoms with Crippen molar-refractivity contribution in [3.05, 3.63) is 23.8 Å². The van der Waals surface area contributed by atoms with E-state index in [9.17, 15) is 5.11 Å². The highest BCUT2D eigenvalue weighted by Gasteiger charge is 2.16. The summed E-state index contributed by atoms with van der Waals surface area (Å²) in [5.74, 6) is 1.43. The number of hydrogen-bond acceptors (Lipinski definition) is 4. The highest BCUT2D eigenvalue weighted by molar-refractivity contribution is 5.45. The lowest BCUT2D eigenvalue weighted by Gasteiger charge is -2.12. The molecule has 2 rings (SSSR count). The Morgan fingerprint density at radius 3 is 2.89 bits per heavy atom. The molecule has 1 atom stereocenters. The van der Waals surface area contributed by atoms with Crippen LogP contribution >= 0.6 is 0 Å². The number of fused-ring (bicyclic) bond motifs is 1. The zero-order valence-corrected chi connectivity index (χ0v) is 11.4. The van der Waals surface area contributed by atoms with Gasteiger partial charge in [0.15, 0.2) is 11.5 Å². The minimum absolute atomic E-state index is 0.253. The fraction of sp³-hybridized carbons (Fsp3) is 0.600. The zero-order valence-electron chi connectivity index (χ0n) is 11.4. The molecule has 1 unspecified atom stereocenters. The first-order valence-corrected chi connectivity index (χ1v) is 6.96. The molecule has 1 aromatic carbocycles. The fourth-order valence-electron chi connectivity index (χ4n) is 2.04. The summed E-state index contributed by atoms with van der Waals surface area (Å²) in [6.45, 7) is 3.47. The van der Waals surface area contributed by atoms with E-state index in [0.29, 0.717) is 19.0 Å². The number of aliphatic hydroxyl groups is 1. The van der Waals surface area contributed by atoms with Crippen LogP contribution in [0, 0.1) is 0 Å². The molecular formula is C15H22O4. The van der Waals surface area contributed by atoms with Crippen molar-refractivity contribution in [1.29, 1.82) is 0 Å². The average molecular weight is 266 g/mol. The van der Waals surface area contributed by atoms with Gasteiger partial charge in [0.2, 0.25) is 6.79 Å². The van der Waals surface area contributed by atoms with Crippen LogP contribution in [0.3, 0.4) is 0 Å². The van der Waals surface area contributed by atoms with Gasteiger partial charge in [-0.15, -0.1) is 0 Å². The lowest BCUT2D eigenvalue weighted by atomic mass is 10.1. The highest BCUT2D eigenvalue weighted by Crippen LogP contribution is 2.34. The summed E-state index contributed by atoms with van der Waals surface area (Å²) in [6.07, 6.45) is 4.10. The monoisotopic (exact) mass is 266 g/mol. The van der Waals surface area contributed by atoms with Gasteiger partial charge in [0.1, 0.15) is 6.10 Å². The van der Waals surface area contributed by atoms with Gasteiger partial charge >= 0.3 is 0 Å². The molecule has 4 heteroatoms. The van der Waals surface area contributed by atoms with E-state index in [1.165, 1.54) is 19.3 Å². The molecule has 0 saturated carbocycles. The minimum Gasteiger partial charge on any atom is -0.454 e. The minimum atomic E-state index is -0.610. The van der Waals surface area contributed by atoms with E-state index in [1.807, 2.05) is 18.2 Å². The molecular weight excluding hydrogens is 244 g/mol. The summed E-state index contributed by atoms with van der Waals surface area (Å²) in [5, 5.41) is 10.0. The molecule has 1 aliphatic heterocycles. The molecule has 0 aliphatic carbocycles. The largest absolute Gasteiger partial charge is 0.454 e. The molecule has 0 aromatic heterocycles. The first-order valence-electron chi connectivity index (χ1n) is 6.96. The number of rotatable bonds is 8. The summed E-state index contributed by atoms with van der Waals surface area (Å²) in [5.41, 5.74) is 0.804. The van der Waals surface area contributed by atoms with Crippen molar-refractivity contribution in [2.24, 2.45) is 0 Å². The molecule has 4 nitrogen and oxygen atoms in total. The quantitative estimate of drug-likeness (QED) is 0.735. The van der Waals surface area contributed by atoms with E-state index in [4.69, 9.17) is 14.2 Å². The summed E-state index contributed by atoms with van der Waals surface area (Å²) in [6, 6.07) is 5.48. The van der Waals surface area contributed by atoms with Crippen molar-refractivity contribution >= 4 is 0 Å². The van der Waals surface area contributed by atoms with E-state index < -0.39 is 6.10 Å². The van der Waals surface area contributed by atoms with E-state index in [2.05, 4.69) is 6.92 Å². The molecule has 1 heterocycles. The number of benzene rings is 1. The maximum absolute atomic E-state index is 10.0. The Morgan fingerprint density at radius 2 is 2.05 bits per heavy atom. The first-order chi connectivity index (χ1) is 9.31. The maximum atomic E-state index is 10.0. The van der Waals surface area contributed by atoms with Crippen LogP contribution < -0.4 is 9.47 Å². The second-order valence-electron chi connectivity index (χ2n) is 4.76. The molecule has 1 aliphatic rings. The van der Waals surface area contributed by atoms with Gasteiger partial charge in [0.05, 0.1) is 6.61 Å². The third-order valence-corrected chi connectivity index (χ3v) is 3.20. The van der Waals surface area contributed by atoms with Gasteiger partial charge in [-0.1, -0.05) is 32.3 Å². The second kappa shape index (κ2) is 7.36. The Balaban J connectivity index is 1.72. The van der Waals surface area contributed by atoms with E-state index in [0.717, 1.165) is 17.7 Å². The van der Waals surface area contributed by atoms with Crippen LogP contribution in [0.4, 0.5) is 0 Å². The fourth-order valence-corrected chi connectivity index (χ4v) is 2.04. The molecule has 19 heavy (non-hydrogen) atoms. The summed E-state index contributed by atoms with van der Waals surface area (Å²) in [4.78, 5) is 0. The van der Waals surface area contributed by atoms with Gasteiger partial charge in [-0.25, -0.2) is 0 Å². The van der Waals surface area contributed by atoms with Crippen LogP contribution in [0.2, 0.25) is 0 Å². The standard InChI is InChI=1S/C15H22O4/c1-2-3-4-5-8-17-10-13(16)12-6-7-14-15(9-12)19-11-18-14/h6-7,9,13,16H,2-5,8,10-11H2,1H3. The van der Waals surface area contributed by atoms with Gasteiger partial charge in [0.25, 0.3) is 0 Å². The molecule has 0 amide bonds. The predicted molar refractivity (Wildman–Crippen MR) is 72.5 cm³/mol. The molecule has 1 N–H and O–H groups in total. The van der Waals surface area contributed by atoms with Gasteiger partial charge in [-0.2, -0.15) is 0 Å². The van der Waals surface area contributed by atoms with Crippen LogP contribution in [0.15, 0.2) is 18.2 Å². The Bertz CT molecular complexity index is 392. The van der Waals surface area contributed by atoms with Gasteiger partial charge in [-0.3, -0.25) is 0 Å². The Hall–Kier alpha value is -1.26. The topological polar surface area (TPSA) is 47.9 Å². The van der Waals surface area contributed by atoms with Crippen molar-refractivity contribution in [3.63, 3.8) is 0 Å². The third-order valence-electron chi connectivity index (χ3n) is 3.20. The predicted octanol–water partition coefficient (Wildman–Crippen LogP) is 3.05. The number of unbranched alkanes of at least 4 members (excludes halogenated alkanes) is 3. The van der Waals surface area contributed by atoms with Crippen LogP contribution in [-0.4, -0.2) is 25.1 Å². The zero-order chi connectivity index (χ0) is 13.5. The third kappa shape index (κ3) is 4.11. The van der Waals surface area contributed by atoms with Crippen molar-refractivity contribution in [1.82, 2.24) is 0 Å². The lowest BCUT2D eigenvalue weighted by molar-refractivity contribution is 0.0344. The lowest BCUT2D eigenvalue weighted by Crippen LogP contribution is -2.08. The molecule has 1 aromatic rings. The van der Waals surface area contributed by atoms with Gasteiger partial charge < -0.3 is 19.3 Å². The molecule has 0 spiro atoms. The molecule has 106 valence electrons. The summed E-state index contributed by atoms with van der Waals surface area (Å²) in [7, 11) is 0. The van der Waals surface area contributed by atoms with Crippen molar-refractivity contribution in [3.8, 4) is 11.5 Å². The average Bonchev–Trinajstić information content (AvgIpc) is 2.89. The van der Waals surface area contributed by atoms with Crippen molar-refractivity contribution < 1.29 is 19.3 Å². The van der Waals surface area contributed by atoms with Crippen molar-refractivity contribution in [2.75, 3.05) is 20.0 Å². The van der Waals surface area contributed by atoms with Crippen LogP contribution in [0.25, 0.3) is 0 Å².